The lowest BCUT2D eigenvalue weighted by Gasteiger charge is -2.14. The summed E-state index contributed by atoms with van der Waals surface area (Å²) in [6, 6.07) is 15.6. The Hall–Kier alpha value is -4.05. The molecule has 0 saturated heterocycles. The molecule has 0 fully saturated rings. The van der Waals surface area contributed by atoms with Crippen LogP contribution in [0.25, 0.3) is 33.5 Å². The number of sulfonamides is 1. The Morgan fingerprint density at radius 2 is 1.76 bits per heavy atom. The van der Waals surface area contributed by atoms with Crippen LogP contribution in [0.3, 0.4) is 0 Å². The Morgan fingerprint density at radius 1 is 0.971 bits per heavy atom. The smallest absolute Gasteiger partial charge is 0.232 e. The van der Waals surface area contributed by atoms with Gasteiger partial charge in [-0.05, 0) is 67.1 Å². The van der Waals surface area contributed by atoms with Crippen molar-refractivity contribution in [2.45, 2.75) is 6.92 Å². The molecule has 0 saturated carbocycles. The van der Waals surface area contributed by atoms with Crippen LogP contribution >= 0.6 is 0 Å². The van der Waals surface area contributed by atoms with E-state index in [1.807, 2.05) is 30.5 Å². The maximum atomic E-state index is 14.6. The maximum Gasteiger partial charge on any atom is 0.232 e. The predicted octanol–water partition coefficient (Wildman–Crippen LogP) is 4.92. The van der Waals surface area contributed by atoms with Crippen LogP contribution in [-0.2, 0) is 10.0 Å². The van der Waals surface area contributed by atoms with Gasteiger partial charge in [-0.3, -0.25) is 9.29 Å². The van der Waals surface area contributed by atoms with Gasteiger partial charge in [0.05, 0.1) is 33.7 Å². The third-order valence-corrected chi connectivity index (χ3v) is 6.71. The normalized spacial score (nSPS) is 11.7. The van der Waals surface area contributed by atoms with Crippen molar-refractivity contribution >= 4 is 26.7 Å². The second-order valence-corrected chi connectivity index (χ2v) is 9.62. The van der Waals surface area contributed by atoms with Gasteiger partial charge < -0.3 is 0 Å². The molecular weight excluding hydrogens is 460 g/mol. The minimum absolute atomic E-state index is 0.148. The monoisotopic (exact) mass is 479 g/mol. The summed E-state index contributed by atoms with van der Waals surface area (Å²) < 4.78 is 59.5. The summed E-state index contributed by atoms with van der Waals surface area (Å²) >= 11 is 0. The second-order valence-electron chi connectivity index (χ2n) is 7.61. The number of fused-ring (bicyclic) bond motifs is 1. The van der Waals surface area contributed by atoms with Crippen LogP contribution in [0.1, 0.15) is 6.92 Å². The van der Waals surface area contributed by atoms with Gasteiger partial charge in [-0.15, -0.1) is 0 Å². The molecule has 0 amide bonds. The number of aromatic nitrogens is 4. The van der Waals surface area contributed by atoms with Gasteiger partial charge in [0, 0.05) is 18.1 Å². The molecule has 0 spiro atoms. The van der Waals surface area contributed by atoms with Crippen molar-refractivity contribution in [3.05, 3.63) is 91.0 Å². The summed E-state index contributed by atoms with van der Waals surface area (Å²) in [7, 11) is -3.62. The van der Waals surface area contributed by atoms with Crippen molar-refractivity contribution in [1.82, 2.24) is 19.3 Å². The molecule has 0 atom stereocenters. The van der Waals surface area contributed by atoms with Gasteiger partial charge in [-0.1, -0.05) is 6.07 Å². The van der Waals surface area contributed by atoms with Gasteiger partial charge in [-0.25, -0.2) is 26.9 Å². The molecule has 1 N–H and O–H groups in total. The summed E-state index contributed by atoms with van der Waals surface area (Å²) in [4.78, 5) is 4.46. The molecule has 2 aromatic heterocycles. The van der Waals surface area contributed by atoms with E-state index in [0.717, 1.165) is 23.3 Å². The molecule has 5 aromatic rings. The van der Waals surface area contributed by atoms with Crippen LogP contribution in [0.2, 0.25) is 0 Å². The number of imidazole rings is 1. The molecule has 0 aliphatic rings. The van der Waals surface area contributed by atoms with E-state index in [1.54, 1.807) is 33.9 Å². The van der Waals surface area contributed by atoms with Gasteiger partial charge in [-0.2, -0.15) is 5.10 Å². The van der Waals surface area contributed by atoms with Crippen LogP contribution in [0.4, 0.5) is 14.5 Å². The molecule has 0 radical (unpaired) electrons. The Balaban J connectivity index is 1.68. The average molecular weight is 480 g/mol. The van der Waals surface area contributed by atoms with Crippen LogP contribution in [0.15, 0.2) is 79.4 Å². The van der Waals surface area contributed by atoms with Crippen LogP contribution in [-0.4, -0.2) is 33.5 Å². The highest BCUT2D eigenvalue weighted by Gasteiger charge is 2.17. The molecule has 10 heteroatoms. The largest absolute Gasteiger partial charge is 0.299 e. The molecule has 5 rings (SSSR count). The lowest BCUT2D eigenvalue weighted by atomic mass is 10.0. The number of benzene rings is 3. The minimum atomic E-state index is -3.62. The van der Waals surface area contributed by atoms with Crippen LogP contribution in [0.5, 0.6) is 0 Å². The Bertz CT molecular complexity index is 1590. The van der Waals surface area contributed by atoms with Crippen molar-refractivity contribution in [2.75, 3.05) is 10.5 Å². The fourth-order valence-corrected chi connectivity index (χ4v) is 4.37. The average Bonchev–Trinajstić information content (AvgIpc) is 3.48. The third kappa shape index (κ3) is 4.03. The van der Waals surface area contributed by atoms with E-state index in [2.05, 4.69) is 14.8 Å². The number of rotatable bonds is 6. The van der Waals surface area contributed by atoms with Crippen molar-refractivity contribution in [2.24, 2.45) is 0 Å². The van der Waals surface area contributed by atoms with E-state index in [1.165, 1.54) is 19.1 Å². The van der Waals surface area contributed by atoms with Gasteiger partial charge >= 0.3 is 0 Å². The molecule has 0 bridgehead atoms. The summed E-state index contributed by atoms with van der Waals surface area (Å²) in [5.41, 5.74) is 2.85. The van der Waals surface area contributed by atoms with Crippen molar-refractivity contribution in [1.29, 1.82) is 0 Å². The van der Waals surface area contributed by atoms with E-state index in [-0.39, 0.29) is 22.6 Å². The third-order valence-electron chi connectivity index (χ3n) is 5.40. The highest BCUT2D eigenvalue weighted by atomic mass is 32.2. The number of hydrogen-bond acceptors (Lipinski definition) is 4. The molecular formula is C24H19F2N5O2S. The SMILES string of the molecule is CCS(=O)(=O)Nc1cc(-c2c(F)cccc2F)cc(-n2cnc3cc(-n4cccn4)ccc32)c1. The first-order valence-corrected chi connectivity index (χ1v) is 12.1. The van der Waals surface area contributed by atoms with E-state index in [0.29, 0.717) is 11.2 Å². The van der Waals surface area contributed by atoms with Gasteiger partial charge in [0.1, 0.15) is 18.0 Å². The fourth-order valence-electron chi connectivity index (χ4n) is 3.75. The summed E-state index contributed by atoms with van der Waals surface area (Å²) in [6.07, 6.45) is 5.07. The Labute approximate surface area is 194 Å². The highest BCUT2D eigenvalue weighted by Crippen LogP contribution is 2.32. The fraction of sp³-hybridized carbons (Fsp3) is 0.0833. The molecule has 34 heavy (non-hydrogen) atoms. The van der Waals surface area contributed by atoms with Crippen LogP contribution in [0, 0.1) is 11.6 Å². The summed E-state index contributed by atoms with van der Waals surface area (Å²) in [6.45, 7) is 1.50. The quantitative estimate of drug-likeness (QED) is 0.375. The van der Waals surface area contributed by atoms with Crippen molar-refractivity contribution in [3.8, 4) is 22.5 Å². The van der Waals surface area contributed by atoms with E-state index >= 15 is 0 Å². The van der Waals surface area contributed by atoms with Crippen LogP contribution < -0.4 is 4.72 Å². The zero-order valence-electron chi connectivity index (χ0n) is 18.0. The van der Waals surface area contributed by atoms with Gasteiger partial charge in [0.2, 0.25) is 10.0 Å². The molecule has 172 valence electrons. The number of nitrogens with zero attached hydrogens (tertiary/aromatic N) is 4. The predicted molar refractivity (Wildman–Crippen MR) is 127 cm³/mol. The second kappa shape index (κ2) is 8.38. The molecule has 2 heterocycles. The number of nitrogens with one attached hydrogen (secondary N) is 1. The molecule has 0 unspecified atom stereocenters. The molecule has 3 aromatic carbocycles. The number of hydrogen-bond donors (Lipinski definition) is 1. The zero-order chi connectivity index (χ0) is 23.9. The van der Waals surface area contributed by atoms with Crippen molar-refractivity contribution in [3.63, 3.8) is 0 Å². The van der Waals surface area contributed by atoms with E-state index < -0.39 is 21.7 Å². The van der Waals surface area contributed by atoms with Crippen molar-refractivity contribution < 1.29 is 17.2 Å². The highest BCUT2D eigenvalue weighted by molar-refractivity contribution is 7.92. The molecule has 0 aliphatic heterocycles. The van der Waals surface area contributed by atoms with E-state index in [4.69, 9.17) is 0 Å². The lowest BCUT2D eigenvalue weighted by molar-refractivity contribution is 0.589. The first-order chi connectivity index (χ1) is 16.3. The first kappa shape index (κ1) is 21.8. The van der Waals surface area contributed by atoms with Gasteiger partial charge in [0.15, 0.2) is 0 Å². The number of halogens is 2. The number of anilines is 1. The summed E-state index contributed by atoms with van der Waals surface area (Å²) in [5, 5.41) is 4.22. The maximum absolute atomic E-state index is 14.6. The topological polar surface area (TPSA) is 81.8 Å². The first-order valence-electron chi connectivity index (χ1n) is 10.4. The minimum Gasteiger partial charge on any atom is -0.299 e. The standard InChI is InChI=1S/C24H19F2N5O2S/c1-2-34(32,33)29-17-11-16(24-20(25)5-3-6-21(24)26)12-19(13-17)30-15-27-22-14-18(7-8-23(22)30)31-10-4-9-28-31/h3-15,29H,2H2,1H3. The molecule has 0 aliphatic carbocycles. The zero-order valence-corrected chi connectivity index (χ0v) is 18.8. The summed E-state index contributed by atoms with van der Waals surface area (Å²) in [5.74, 6) is -1.65. The molecule has 7 nitrogen and oxygen atoms in total. The van der Waals surface area contributed by atoms with E-state index in [9.17, 15) is 17.2 Å². The lowest BCUT2D eigenvalue weighted by Crippen LogP contribution is -2.15. The van der Waals surface area contributed by atoms with Gasteiger partial charge in [0.25, 0.3) is 0 Å². The Kier molecular flexibility index (Phi) is 5.37. The Morgan fingerprint density at radius 3 is 2.47 bits per heavy atom.